The van der Waals surface area contributed by atoms with Crippen LogP contribution in [-0.4, -0.2) is 25.7 Å². The fourth-order valence-corrected chi connectivity index (χ4v) is 2.17. The molecule has 0 spiro atoms. The Balaban J connectivity index is 1.94. The Morgan fingerprint density at radius 3 is 2.86 bits per heavy atom. The Hall–Kier alpha value is -2.73. The smallest absolute Gasteiger partial charge is 0.277 e. The lowest BCUT2D eigenvalue weighted by Crippen LogP contribution is -2.16. The number of hydrogen-bond acceptors (Lipinski definition) is 4. The third-order valence-electron chi connectivity index (χ3n) is 2.92. The van der Waals surface area contributed by atoms with E-state index in [2.05, 4.69) is 20.4 Å². The molecular formula is C15H12ClN5O. The van der Waals surface area contributed by atoms with Crippen molar-refractivity contribution < 1.29 is 4.79 Å². The minimum Gasteiger partial charge on any atom is -0.305 e. The molecule has 110 valence electrons. The van der Waals surface area contributed by atoms with Crippen molar-refractivity contribution >= 4 is 23.3 Å². The van der Waals surface area contributed by atoms with E-state index in [4.69, 9.17) is 11.6 Å². The van der Waals surface area contributed by atoms with Gasteiger partial charge in [0, 0.05) is 23.5 Å². The van der Waals surface area contributed by atoms with Gasteiger partial charge in [-0.25, -0.2) is 9.67 Å². The minimum absolute atomic E-state index is 0.235. The van der Waals surface area contributed by atoms with Crippen LogP contribution < -0.4 is 5.32 Å². The zero-order valence-corrected chi connectivity index (χ0v) is 12.4. The summed E-state index contributed by atoms with van der Waals surface area (Å²) < 4.78 is 1.62. The Kier molecular flexibility index (Phi) is 3.84. The Morgan fingerprint density at radius 1 is 1.27 bits per heavy atom. The Bertz CT molecular complexity index is 816. The summed E-state index contributed by atoms with van der Waals surface area (Å²) >= 11 is 6.01. The molecule has 3 rings (SSSR count). The van der Waals surface area contributed by atoms with Gasteiger partial charge in [-0.15, -0.1) is 0 Å². The van der Waals surface area contributed by atoms with Gasteiger partial charge in [0.1, 0.15) is 11.5 Å². The average molecular weight is 314 g/mol. The lowest BCUT2D eigenvalue weighted by Gasteiger charge is -2.08. The fraction of sp³-hybridized carbons (Fsp3) is 0.0667. The molecule has 0 aliphatic carbocycles. The monoisotopic (exact) mass is 313 g/mol. The Labute approximate surface area is 131 Å². The third kappa shape index (κ3) is 2.96. The molecular weight excluding hydrogens is 302 g/mol. The number of aryl methyl sites for hydroxylation is 1. The first-order valence-electron chi connectivity index (χ1n) is 6.53. The van der Waals surface area contributed by atoms with Crippen molar-refractivity contribution in [3.63, 3.8) is 0 Å². The molecule has 3 aromatic rings. The van der Waals surface area contributed by atoms with Gasteiger partial charge in [0.05, 0.1) is 17.6 Å². The maximum absolute atomic E-state index is 12.2. The van der Waals surface area contributed by atoms with E-state index in [0.29, 0.717) is 10.8 Å². The molecule has 0 unspecified atom stereocenters. The predicted molar refractivity (Wildman–Crippen MR) is 83.3 cm³/mol. The van der Waals surface area contributed by atoms with E-state index in [0.717, 1.165) is 11.4 Å². The van der Waals surface area contributed by atoms with E-state index in [9.17, 15) is 4.79 Å². The number of nitrogens with one attached hydrogen (secondary N) is 1. The van der Waals surface area contributed by atoms with E-state index < -0.39 is 0 Å². The number of nitrogens with zero attached hydrogens (tertiary/aromatic N) is 4. The lowest BCUT2D eigenvalue weighted by molar-refractivity contribution is 0.102. The lowest BCUT2D eigenvalue weighted by atomic mass is 10.3. The number of amides is 1. The highest BCUT2D eigenvalue weighted by molar-refractivity contribution is 6.30. The van der Waals surface area contributed by atoms with Gasteiger partial charge in [0.15, 0.2) is 0 Å². The molecule has 0 aliphatic heterocycles. The molecule has 0 saturated carbocycles. The average Bonchev–Trinajstić information content (AvgIpc) is 2.89. The number of anilines is 1. The number of carbonyl (C=O) groups is 1. The van der Waals surface area contributed by atoms with Crippen LogP contribution >= 0.6 is 11.6 Å². The second-order valence-electron chi connectivity index (χ2n) is 4.61. The van der Waals surface area contributed by atoms with Crippen LogP contribution in [0, 0.1) is 6.92 Å². The zero-order chi connectivity index (χ0) is 15.5. The van der Waals surface area contributed by atoms with Crippen LogP contribution in [0.15, 0.2) is 48.9 Å². The summed E-state index contributed by atoms with van der Waals surface area (Å²) in [5.74, 6) is 0.187. The van der Waals surface area contributed by atoms with Crippen LogP contribution in [0.3, 0.4) is 0 Å². The molecule has 1 amide bonds. The fourth-order valence-electron chi connectivity index (χ4n) is 1.99. The Morgan fingerprint density at radius 2 is 2.14 bits per heavy atom. The third-order valence-corrected chi connectivity index (χ3v) is 3.16. The van der Waals surface area contributed by atoms with Crippen molar-refractivity contribution in [1.82, 2.24) is 19.7 Å². The van der Waals surface area contributed by atoms with Gasteiger partial charge in [0.25, 0.3) is 5.91 Å². The summed E-state index contributed by atoms with van der Waals surface area (Å²) in [5, 5.41) is 7.75. The van der Waals surface area contributed by atoms with Gasteiger partial charge in [0.2, 0.25) is 0 Å². The molecule has 0 atom stereocenters. The first-order valence-corrected chi connectivity index (χ1v) is 6.91. The van der Waals surface area contributed by atoms with E-state index in [1.54, 1.807) is 22.9 Å². The van der Waals surface area contributed by atoms with E-state index >= 15 is 0 Å². The van der Waals surface area contributed by atoms with Gasteiger partial charge in [-0.1, -0.05) is 17.7 Å². The molecule has 2 aromatic heterocycles. The van der Waals surface area contributed by atoms with E-state index in [1.807, 2.05) is 19.1 Å². The van der Waals surface area contributed by atoms with Crippen LogP contribution in [0.1, 0.15) is 16.2 Å². The highest BCUT2D eigenvalue weighted by Crippen LogP contribution is 2.20. The summed E-state index contributed by atoms with van der Waals surface area (Å²) in [6, 6.07) is 9.00. The molecule has 7 heteroatoms. The number of aromatic nitrogens is 4. The van der Waals surface area contributed by atoms with E-state index in [-0.39, 0.29) is 11.6 Å². The van der Waals surface area contributed by atoms with Crippen LogP contribution in [0.25, 0.3) is 5.69 Å². The van der Waals surface area contributed by atoms with Gasteiger partial charge < -0.3 is 5.32 Å². The van der Waals surface area contributed by atoms with Crippen molar-refractivity contribution in [2.45, 2.75) is 6.92 Å². The molecule has 6 nitrogen and oxygen atoms in total. The molecule has 1 aromatic carbocycles. The molecule has 2 heterocycles. The van der Waals surface area contributed by atoms with Crippen molar-refractivity contribution in [2.24, 2.45) is 0 Å². The number of hydrogen-bond donors (Lipinski definition) is 1. The number of benzene rings is 1. The number of rotatable bonds is 3. The van der Waals surface area contributed by atoms with Crippen molar-refractivity contribution in [3.05, 3.63) is 65.3 Å². The zero-order valence-electron chi connectivity index (χ0n) is 11.7. The first kappa shape index (κ1) is 14.2. The largest absolute Gasteiger partial charge is 0.305 e. The maximum Gasteiger partial charge on any atom is 0.277 e. The SMILES string of the molecule is Cc1cc(NC(=O)c2cnccn2)n(-c2cccc(Cl)c2)n1. The standard InChI is InChI=1S/C15H12ClN5O/c1-10-7-14(19-15(22)13-9-17-5-6-18-13)21(20-10)12-4-2-3-11(16)8-12/h2-9H,1H3,(H,19,22). The molecule has 0 saturated heterocycles. The summed E-state index contributed by atoms with van der Waals surface area (Å²) in [5.41, 5.74) is 1.77. The summed E-state index contributed by atoms with van der Waals surface area (Å²) in [7, 11) is 0. The molecule has 0 radical (unpaired) electrons. The van der Waals surface area contributed by atoms with E-state index in [1.165, 1.54) is 18.6 Å². The van der Waals surface area contributed by atoms with Gasteiger partial charge in [-0.2, -0.15) is 5.10 Å². The predicted octanol–water partition coefficient (Wildman–Crippen LogP) is 2.88. The molecule has 0 bridgehead atoms. The second-order valence-corrected chi connectivity index (χ2v) is 5.04. The van der Waals surface area contributed by atoms with Gasteiger partial charge in [-0.3, -0.25) is 9.78 Å². The van der Waals surface area contributed by atoms with Gasteiger partial charge >= 0.3 is 0 Å². The van der Waals surface area contributed by atoms with Crippen LogP contribution in [-0.2, 0) is 0 Å². The number of halogens is 1. The quantitative estimate of drug-likeness (QED) is 0.807. The molecule has 0 fully saturated rings. The second kappa shape index (κ2) is 5.95. The maximum atomic E-state index is 12.2. The summed E-state index contributed by atoms with van der Waals surface area (Å²) in [4.78, 5) is 20.0. The minimum atomic E-state index is -0.351. The van der Waals surface area contributed by atoms with Crippen molar-refractivity contribution in [2.75, 3.05) is 5.32 Å². The van der Waals surface area contributed by atoms with Crippen LogP contribution in [0.2, 0.25) is 5.02 Å². The summed E-state index contributed by atoms with van der Waals surface area (Å²) in [6.07, 6.45) is 4.38. The molecule has 0 aliphatic rings. The first-order chi connectivity index (χ1) is 10.6. The van der Waals surface area contributed by atoms with Crippen molar-refractivity contribution in [3.8, 4) is 5.69 Å². The topological polar surface area (TPSA) is 72.7 Å². The normalized spacial score (nSPS) is 10.5. The van der Waals surface area contributed by atoms with Crippen LogP contribution in [0.4, 0.5) is 5.82 Å². The van der Waals surface area contributed by atoms with Gasteiger partial charge in [-0.05, 0) is 25.1 Å². The van der Waals surface area contributed by atoms with Crippen molar-refractivity contribution in [1.29, 1.82) is 0 Å². The summed E-state index contributed by atoms with van der Waals surface area (Å²) in [6.45, 7) is 1.85. The van der Waals surface area contributed by atoms with Crippen LogP contribution in [0.5, 0.6) is 0 Å². The molecule has 1 N–H and O–H groups in total. The highest BCUT2D eigenvalue weighted by atomic mass is 35.5. The number of carbonyl (C=O) groups excluding carboxylic acids is 1. The molecule has 22 heavy (non-hydrogen) atoms. The highest BCUT2D eigenvalue weighted by Gasteiger charge is 2.13.